The molecule has 144 valence electrons. The first-order chi connectivity index (χ1) is 13.6. The number of nitro benzene ring substituents is 1. The van der Waals surface area contributed by atoms with Crippen LogP contribution in [0.5, 0.6) is 0 Å². The molecule has 1 N–H and O–H groups in total. The Morgan fingerprint density at radius 1 is 1.21 bits per heavy atom. The van der Waals surface area contributed by atoms with Crippen molar-refractivity contribution in [1.29, 1.82) is 0 Å². The summed E-state index contributed by atoms with van der Waals surface area (Å²) in [6, 6.07) is 14.4. The second-order valence-corrected chi connectivity index (χ2v) is 7.90. The molecule has 1 aliphatic rings. The van der Waals surface area contributed by atoms with Gasteiger partial charge in [0.05, 0.1) is 26.7 Å². The Morgan fingerprint density at radius 2 is 2.00 bits per heavy atom. The van der Waals surface area contributed by atoms with Crippen LogP contribution in [0.25, 0.3) is 10.2 Å². The van der Waals surface area contributed by atoms with Gasteiger partial charge in [0.1, 0.15) is 0 Å². The van der Waals surface area contributed by atoms with E-state index < -0.39 is 4.92 Å². The minimum absolute atomic E-state index is 0.00842. The van der Waals surface area contributed by atoms with Crippen LogP contribution >= 0.6 is 11.3 Å². The number of nitrogens with zero attached hydrogens (tertiary/aromatic N) is 3. The number of piperidine rings is 1. The fourth-order valence-corrected chi connectivity index (χ4v) is 4.60. The van der Waals surface area contributed by atoms with E-state index in [9.17, 15) is 14.9 Å². The van der Waals surface area contributed by atoms with E-state index >= 15 is 0 Å². The molecule has 2 aromatic carbocycles. The lowest BCUT2D eigenvalue weighted by Crippen LogP contribution is -2.40. The van der Waals surface area contributed by atoms with Gasteiger partial charge in [0.2, 0.25) is 5.91 Å². The maximum absolute atomic E-state index is 12.5. The van der Waals surface area contributed by atoms with E-state index in [-0.39, 0.29) is 18.1 Å². The van der Waals surface area contributed by atoms with E-state index in [1.54, 1.807) is 23.5 Å². The van der Waals surface area contributed by atoms with Crippen LogP contribution in [0.15, 0.2) is 48.5 Å². The van der Waals surface area contributed by atoms with Gasteiger partial charge in [-0.25, -0.2) is 4.98 Å². The lowest BCUT2D eigenvalue weighted by atomic mass is 9.97. The lowest BCUT2D eigenvalue weighted by molar-refractivity contribution is -0.384. The maximum Gasteiger partial charge on any atom is 0.271 e. The summed E-state index contributed by atoms with van der Waals surface area (Å²) in [7, 11) is 0. The highest BCUT2D eigenvalue weighted by atomic mass is 32.1. The maximum atomic E-state index is 12.5. The first kappa shape index (κ1) is 18.4. The number of non-ortho nitro benzene ring substituents is 1. The summed E-state index contributed by atoms with van der Waals surface area (Å²) in [6.07, 6.45) is 1.81. The largest absolute Gasteiger partial charge is 0.376 e. The number of carbonyl (C=O) groups excluding carboxylic acids is 1. The number of aromatic nitrogens is 1. The molecule has 3 aromatic rings. The van der Waals surface area contributed by atoms with Crippen LogP contribution in [-0.4, -0.2) is 40.3 Å². The van der Waals surface area contributed by atoms with Gasteiger partial charge in [-0.05, 0) is 31.0 Å². The molecule has 8 heteroatoms. The molecular formula is C20H20N4O3S. The number of carbonyl (C=O) groups is 1. The van der Waals surface area contributed by atoms with Crippen molar-refractivity contribution in [1.82, 2.24) is 9.88 Å². The van der Waals surface area contributed by atoms with Crippen molar-refractivity contribution in [2.75, 3.05) is 25.0 Å². The van der Waals surface area contributed by atoms with Crippen molar-refractivity contribution in [3.63, 3.8) is 0 Å². The third kappa shape index (κ3) is 3.96. The van der Waals surface area contributed by atoms with Gasteiger partial charge < -0.3 is 10.2 Å². The normalized spacial score (nSPS) is 14.9. The Hall–Kier alpha value is -3.00. The number of likely N-dealkylation sites (tertiary alicyclic amines) is 1. The predicted molar refractivity (Wildman–Crippen MR) is 110 cm³/mol. The number of amides is 1. The van der Waals surface area contributed by atoms with E-state index in [1.165, 1.54) is 16.8 Å². The molecule has 4 rings (SSSR count). The van der Waals surface area contributed by atoms with Crippen LogP contribution in [0.4, 0.5) is 11.4 Å². The van der Waals surface area contributed by atoms with E-state index in [1.807, 2.05) is 23.1 Å². The molecule has 2 heterocycles. The molecule has 1 saturated heterocycles. The Balaban J connectivity index is 1.31. The summed E-state index contributed by atoms with van der Waals surface area (Å²) in [4.78, 5) is 29.5. The lowest BCUT2D eigenvalue weighted by Gasteiger charge is -2.31. The number of nitro groups is 1. The predicted octanol–water partition coefficient (Wildman–Crippen LogP) is 4.02. The van der Waals surface area contributed by atoms with Gasteiger partial charge in [0.15, 0.2) is 0 Å². The Labute approximate surface area is 166 Å². The SMILES string of the molecule is O=C(CNc1cccc([N+](=O)[O-])c1)N1CCC(c2nc3ccccc3s2)CC1. The summed E-state index contributed by atoms with van der Waals surface area (Å²) in [5.41, 5.74) is 1.63. The zero-order valence-electron chi connectivity index (χ0n) is 15.2. The van der Waals surface area contributed by atoms with Crippen molar-refractivity contribution in [3.8, 4) is 0 Å². The molecular weight excluding hydrogens is 376 g/mol. The monoisotopic (exact) mass is 396 g/mol. The Bertz CT molecular complexity index is 978. The third-order valence-corrected chi connectivity index (χ3v) is 6.21. The third-order valence-electron chi connectivity index (χ3n) is 5.01. The average Bonchev–Trinajstić information content (AvgIpc) is 3.16. The number of nitrogens with one attached hydrogen (secondary N) is 1. The number of fused-ring (bicyclic) bond motifs is 1. The molecule has 7 nitrogen and oxygen atoms in total. The topological polar surface area (TPSA) is 88.4 Å². The van der Waals surface area contributed by atoms with Crippen LogP contribution < -0.4 is 5.32 Å². The van der Waals surface area contributed by atoms with Crippen molar-refractivity contribution in [2.45, 2.75) is 18.8 Å². The van der Waals surface area contributed by atoms with E-state index in [0.29, 0.717) is 24.7 Å². The quantitative estimate of drug-likeness (QED) is 0.520. The standard InChI is InChI=1S/C20H20N4O3S/c25-19(13-21-15-4-3-5-16(12-15)24(26)27)23-10-8-14(9-11-23)20-22-17-6-1-2-7-18(17)28-20/h1-7,12,14,21H,8-11,13H2. The zero-order chi connectivity index (χ0) is 19.5. The van der Waals surface area contributed by atoms with E-state index in [2.05, 4.69) is 11.4 Å². The molecule has 0 bridgehead atoms. The molecule has 28 heavy (non-hydrogen) atoms. The summed E-state index contributed by atoms with van der Waals surface area (Å²) < 4.78 is 1.21. The molecule has 1 fully saturated rings. The van der Waals surface area contributed by atoms with Crippen molar-refractivity contribution in [2.24, 2.45) is 0 Å². The summed E-state index contributed by atoms with van der Waals surface area (Å²) in [6.45, 7) is 1.54. The number of rotatable bonds is 5. The second-order valence-electron chi connectivity index (χ2n) is 6.84. The molecule has 0 radical (unpaired) electrons. The minimum Gasteiger partial charge on any atom is -0.376 e. The van der Waals surface area contributed by atoms with Gasteiger partial charge in [0, 0.05) is 36.8 Å². The average molecular weight is 396 g/mol. The number of para-hydroxylation sites is 1. The number of hydrogen-bond acceptors (Lipinski definition) is 6. The molecule has 0 saturated carbocycles. The van der Waals surface area contributed by atoms with E-state index in [0.717, 1.165) is 23.4 Å². The van der Waals surface area contributed by atoms with Crippen LogP contribution in [0.3, 0.4) is 0 Å². The van der Waals surface area contributed by atoms with Crippen LogP contribution in [0.2, 0.25) is 0 Å². The van der Waals surface area contributed by atoms with Gasteiger partial charge in [-0.3, -0.25) is 14.9 Å². The Morgan fingerprint density at radius 3 is 2.75 bits per heavy atom. The van der Waals surface area contributed by atoms with Crippen molar-refractivity contribution in [3.05, 3.63) is 63.7 Å². The molecule has 1 aromatic heterocycles. The number of benzene rings is 2. The highest BCUT2D eigenvalue weighted by molar-refractivity contribution is 7.18. The Kier molecular flexibility index (Phi) is 5.21. The fraction of sp³-hybridized carbons (Fsp3) is 0.300. The molecule has 0 spiro atoms. The van der Waals surface area contributed by atoms with Crippen molar-refractivity contribution < 1.29 is 9.72 Å². The van der Waals surface area contributed by atoms with Crippen LogP contribution in [-0.2, 0) is 4.79 Å². The number of hydrogen-bond donors (Lipinski definition) is 1. The van der Waals surface area contributed by atoms with Crippen LogP contribution in [0.1, 0.15) is 23.8 Å². The van der Waals surface area contributed by atoms with Gasteiger partial charge >= 0.3 is 0 Å². The molecule has 1 amide bonds. The number of anilines is 1. The first-order valence-electron chi connectivity index (χ1n) is 9.22. The molecule has 0 atom stereocenters. The minimum atomic E-state index is -0.445. The van der Waals surface area contributed by atoms with Gasteiger partial charge in [-0.15, -0.1) is 11.3 Å². The van der Waals surface area contributed by atoms with Crippen LogP contribution in [0, 0.1) is 10.1 Å². The van der Waals surface area contributed by atoms with Gasteiger partial charge in [-0.2, -0.15) is 0 Å². The molecule has 1 aliphatic heterocycles. The summed E-state index contributed by atoms with van der Waals surface area (Å²) in [5, 5.41) is 15.0. The van der Waals surface area contributed by atoms with Gasteiger partial charge in [-0.1, -0.05) is 18.2 Å². The highest BCUT2D eigenvalue weighted by Crippen LogP contribution is 2.33. The van der Waals surface area contributed by atoms with E-state index in [4.69, 9.17) is 4.98 Å². The summed E-state index contributed by atoms with van der Waals surface area (Å²) in [5.74, 6) is 0.403. The fourth-order valence-electron chi connectivity index (χ4n) is 3.46. The second kappa shape index (κ2) is 7.93. The highest BCUT2D eigenvalue weighted by Gasteiger charge is 2.25. The van der Waals surface area contributed by atoms with Gasteiger partial charge in [0.25, 0.3) is 5.69 Å². The molecule has 0 aliphatic carbocycles. The summed E-state index contributed by atoms with van der Waals surface area (Å²) >= 11 is 1.74. The first-order valence-corrected chi connectivity index (χ1v) is 10.0. The number of thiazole rings is 1. The smallest absolute Gasteiger partial charge is 0.271 e. The molecule has 0 unspecified atom stereocenters. The zero-order valence-corrected chi connectivity index (χ0v) is 16.0. The van der Waals surface area contributed by atoms with Crippen molar-refractivity contribution >= 4 is 38.8 Å².